The third kappa shape index (κ3) is 2.12. The van der Waals surface area contributed by atoms with Crippen LogP contribution in [0.2, 0.25) is 0 Å². The van der Waals surface area contributed by atoms with Crippen LogP contribution in [0.1, 0.15) is 25.8 Å². The van der Waals surface area contributed by atoms with Crippen molar-refractivity contribution in [2.24, 2.45) is 5.92 Å². The number of hydrogen-bond donors (Lipinski definition) is 1. The van der Waals surface area contributed by atoms with E-state index < -0.39 is 10.4 Å². The highest BCUT2D eigenvalue weighted by atomic mass is 35.5. The summed E-state index contributed by atoms with van der Waals surface area (Å²) in [6.07, 6.45) is 3.88. The lowest BCUT2D eigenvalue weighted by atomic mass is 10.0. The summed E-state index contributed by atoms with van der Waals surface area (Å²) in [5, 5.41) is 14.0. The molecule has 1 aromatic heterocycles. The smallest absolute Gasteiger partial charge is 0.137 e. The maximum atomic E-state index is 9.93. The molecule has 0 bridgehead atoms. The van der Waals surface area contributed by atoms with E-state index in [1.54, 1.807) is 11.0 Å². The zero-order valence-electron chi connectivity index (χ0n) is 8.35. The number of aliphatic hydroxyl groups is 1. The fraction of sp³-hybridized carbons (Fsp3) is 0.778. The van der Waals surface area contributed by atoms with Crippen LogP contribution < -0.4 is 0 Å². The monoisotopic (exact) mass is 249 g/mol. The Morgan fingerprint density at radius 1 is 1.67 bits per heavy atom. The molecule has 0 spiro atoms. The number of rotatable bonds is 4. The number of hydrogen-bond acceptors (Lipinski definition) is 3. The lowest BCUT2D eigenvalue weighted by Gasteiger charge is -2.22. The van der Waals surface area contributed by atoms with Crippen LogP contribution in [0.15, 0.2) is 12.7 Å². The molecular weight excluding hydrogens is 237 g/mol. The third-order valence-corrected chi connectivity index (χ3v) is 3.71. The van der Waals surface area contributed by atoms with Crippen LogP contribution in [-0.4, -0.2) is 30.3 Å². The summed E-state index contributed by atoms with van der Waals surface area (Å²) in [7, 11) is 0. The van der Waals surface area contributed by atoms with Crippen LogP contribution in [0.25, 0.3) is 0 Å². The van der Waals surface area contributed by atoms with Crippen molar-refractivity contribution in [1.29, 1.82) is 0 Å². The van der Waals surface area contributed by atoms with Gasteiger partial charge in [-0.3, -0.25) is 0 Å². The van der Waals surface area contributed by atoms with Crippen molar-refractivity contribution in [2.75, 3.05) is 0 Å². The SMILES string of the molecule is CCC(O)C([C@H]1CC1(Cl)Cl)n1cncn1. The number of aromatic nitrogens is 3. The van der Waals surface area contributed by atoms with Crippen molar-refractivity contribution in [3.8, 4) is 0 Å². The van der Waals surface area contributed by atoms with Gasteiger partial charge in [0, 0.05) is 5.92 Å². The Labute approximate surface area is 98.2 Å². The molecule has 1 N–H and O–H groups in total. The molecule has 4 nitrogen and oxygen atoms in total. The maximum Gasteiger partial charge on any atom is 0.137 e. The van der Waals surface area contributed by atoms with E-state index in [0.29, 0.717) is 12.8 Å². The zero-order valence-corrected chi connectivity index (χ0v) is 9.86. The van der Waals surface area contributed by atoms with Gasteiger partial charge >= 0.3 is 0 Å². The second-order valence-corrected chi connectivity index (χ2v) is 5.46. The highest BCUT2D eigenvalue weighted by Crippen LogP contribution is 2.59. The molecule has 1 aliphatic carbocycles. The molecule has 1 fully saturated rings. The standard InChI is InChI=1S/C9H13Cl2N3O/c1-2-7(15)8(6-3-9(6,10)11)14-5-12-4-13-14/h4-8,15H,2-3H2,1H3/t6-,7?,8?/m1/s1. The van der Waals surface area contributed by atoms with Crippen LogP contribution in [0.5, 0.6) is 0 Å². The summed E-state index contributed by atoms with van der Waals surface area (Å²) in [4.78, 5) is 3.87. The van der Waals surface area contributed by atoms with E-state index in [-0.39, 0.29) is 12.0 Å². The molecule has 2 rings (SSSR count). The van der Waals surface area contributed by atoms with Gasteiger partial charge in [0.25, 0.3) is 0 Å². The molecule has 6 heteroatoms. The first-order valence-corrected chi connectivity index (χ1v) is 5.72. The minimum absolute atomic E-state index is 0.0532. The molecule has 3 atom stereocenters. The van der Waals surface area contributed by atoms with Crippen molar-refractivity contribution < 1.29 is 5.11 Å². The van der Waals surface area contributed by atoms with E-state index in [0.717, 1.165) is 0 Å². The van der Waals surface area contributed by atoms with Crippen LogP contribution in [0.4, 0.5) is 0 Å². The topological polar surface area (TPSA) is 50.9 Å². The number of halogens is 2. The molecule has 1 heterocycles. The van der Waals surface area contributed by atoms with Crippen LogP contribution in [0.3, 0.4) is 0 Å². The average Bonchev–Trinajstić information content (AvgIpc) is 2.67. The first kappa shape index (κ1) is 11.2. The number of alkyl halides is 2. The first-order chi connectivity index (χ1) is 7.06. The second kappa shape index (κ2) is 3.92. The highest BCUT2D eigenvalue weighted by molar-refractivity contribution is 6.50. The van der Waals surface area contributed by atoms with Gasteiger partial charge in [-0.25, -0.2) is 9.67 Å². The van der Waals surface area contributed by atoms with Gasteiger partial charge < -0.3 is 5.11 Å². The van der Waals surface area contributed by atoms with Gasteiger partial charge in [0.05, 0.1) is 12.1 Å². The largest absolute Gasteiger partial charge is 0.391 e. The molecule has 1 saturated carbocycles. The van der Waals surface area contributed by atoms with Gasteiger partial charge in [-0.15, -0.1) is 23.2 Å². The van der Waals surface area contributed by atoms with Gasteiger partial charge in [0.1, 0.15) is 17.0 Å². The zero-order chi connectivity index (χ0) is 11.1. The molecule has 0 aliphatic heterocycles. The van der Waals surface area contributed by atoms with E-state index in [4.69, 9.17) is 23.2 Å². The fourth-order valence-electron chi connectivity index (χ4n) is 1.85. The highest BCUT2D eigenvalue weighted by Gasteiger charge is 2.57. The normalized spacial score (nSPS) is 27.3. The summed E-state index contributed by atoms with van der Waals surface area (Å²) >= 11 is 12.0. The average molecular weight is 250 g/mol. The first-order valence-electron chi connectivity index (χ1n) is 4.96. The van der Waals surface area contributed by atoms with Crippen molar-refractivity contribution in [1.82, 2.24) is 14.8 Å². The Morgan fingerprint density at radius 3 is 2.73 bits per heavy atom. The maximum absolute atomic E-state index is 9.93. The van der Waals surface area contributed by atoms with E-state index >= 15 is 0 Å². The number of aliphatic hydroxyl groups excluding tert-OH is 1. The van der Waals surface area contributed by atoms with Crippen molar-refractivity contribution in [3.05, 3.63) is 12.7 Å². The summed E-state index contributed by atoms with van der Waals surface area (Å²) < 4.78 is 0.929. The molecule has 0 amide bonds. The van der Waals surface area contributed by atoms with E-state index in [1.807, 2.05) is 6.92 Å². The Balaban J connectivity index is 2.19. The van der Waals surface area contributed by atoms with Crippen molar-refractivity contribution in [3.63, 3.8) is 0 Å². The number of nitrogens with zero attached hydrogens (tertiary/aromatic N) is 3. The quantitative estimate of drug-likeness (QED) is 0.829. The Morgan fingerprint density at radius 2 is 2.33 bits per heavy atom. The molecule has 0 radical (unpaired) electrons. The third-order valence-electron chi connectivity index (χ3n) is 2.84. The lowest BCUT2D eigenvalue weighted by molar-refractivity contribution is 0.0894. The predicted molar refractivity (Wildman–Crippen MR) is 57.9 cm³/mol. The van der Waals surface area contributed by atoms with Gasteiger partial charge in [-0.1, -0.05) is 6.92 Å². The second-order valence-electron chi connectivity index (χ2n) is 3.91. The van der Waals surface area contributed by atoms with Crippen molar-refractivity contribution >= 4 is 23.2 Å². The van der Waals surface area contributed by atoms with Crippen LogP contribution in [-0.2, 0) is 0 Å². The lowest BCUT2D eigenvalue weighted by Crippen LogP contribution is -2.27. The van der Waals surface area contributed by atoms with Gasteiger partial charge in [0.2, 0.25) is 0 Å². The summed E-state index contributed by atoms with van der Waals surface area (Å²) in [5.74, 6) is 0.0532. The minimum Gasteiger partial charge on any atom is -0.391 e. The van der Waals surface area contributed by atoms with E-state index in [9.17, 15) is 5.11 Å². The van der Waals surface area contributed by atoms with Gasteiger partial charge in [-0.2, -0.15) is 5.10 Å². The van der Waals surface area contributed by atoms with Crippen LogP contribution >= 0.6 is 23.2 Å². The fourth-order valence-corrected chi connectivity index (χ4v) is 2.44. The van der Waals surface area contributed by atoms with Crippen molar-refractivity contribution in [2.45, 2.75) is 36.2 Å². The Hall–Kier alpha value is -0.320. The Kier molecular flexibility index (Phi) is 2.92. The Bertz CT molecular complexity index is 328. The summed E-state index contributed by atoms with van der Waals surface area (Å²) in [6, 6.07) is -0.174. The molecule has 84 valence electrons. The molecule has 2 unspecified atom stereocenters. The molecule has 0 aromatic carbocycles. The minimum atomic E-state index is -0.716. The molecular formula is C9H13Cl2N3O. The molecule has 1 aliphatic rings. The van der Waals surface area contributed by atoms with Crippen LogP contribution in [0, 0.1) is 5.92 Å². The molecule has 15 heavy (non-hydrogen) atoms. The van der Waals surface area contributed by atoms with E-state index in [2.05, 4.69) is 10.1 Å². The van der Waals surface area contributed by atoms with Gasteiger partial charge in [-0.05, 0) is 12.8 Å². The van der Waals surface area contributed by atoms with Gasteiger partial charge in [0.15, 0.2) is 0 Å². The summed E-state index contributed by atoms with van der Waals surface area (Å²) in [6.45, 7) is 1.92. The summed E-state index contributed by atoms with van der Waals surface area (Å²) in [5.41, 5.74) is 0. The van der Waals surface area contributed by atoms with E-state index in [1.165, 1.54) is 6.33 Å². The predicted octanol–water partition coefficient (Wildman–Crippen LogP) is 1.78. The molecule has 1 aromatic rings. The molecule has 0 saturated heterocycles.